The number of aliphatic hydroxyl groups excluding tert-OH is 2. The molecule has 2 atom stereocenters. The largest absolute Gasteiger partial charge is 0.390 e. The van der Waals surface area contributed by atoms with Crippen molar-refractivity contribution in [1.82, 2.24) is 0 Å². The van der Waals surface area contributed by atoms with Gasteiger partial charge in [0, 0.05) is 6.42 Å². The maximum Gasteiger partial charge on any atom is 0.0827 e. The van der Waals surface area contributed by atoms with Crippen LogP contribution in [0.25, 0.3) is 0 Å². The van der Waals surface area contributed by atoms with E-state index in [-0.39, 0.29) is 5.92 Å². The molecule has 2 heteroatoms. The Hall–Kier alpha value is -0.520. The number of terminal acetylenes is 1. The van der Waals surface area contributed by atoms with E-state index in [1.165, 1.54) is 19.3 Å². The Bertz CT molecular complexity index is 189. The second-order valence-corrected chi connectivity index (χ2v) is 4.20. The second-order valence-electron chi connectivity index (χ2n) is 4.20. The van der Waals surface area contributed by atoms with Gasteiger partial charge in [-0.05, 0) is 25.2 Å². The molecule has 80 valence electrons. The first-order valence-electron chi connectivity index (χ1n) is 5.55. The Labute approximate surface area is 86.3 Å². The molecule has 1 aliphatic rings. The van der Waals surface area contributed by atoms with Crippen LogP contribution >= 0.6 is 0 Å². The number of rotatable bonds is 4. The lowest BCUT2D eigenvalue weighted by molar-refractivity contribution is -0.0297. The second kappa shape index (κ2) is 6.06. The van der Waals surface area contributed by atoms with Crippen molar-refractivity contribution in [2.24, 2.45) is 5.92 Å². The van der Waals surface area contributed by atoms with Gasteiger partial charge >= 0.3 is 0 Å². The summed E-state index contributed by atoms with van der Waals surface area (Å²) in [6, 6.07) is 0. The highest BCUT2D eigenvalue weighted by atomic mass is 16.3. The van der Waals surface area contributed by atoms with Crippen LogP contribution in [0.3, 0.4) is 0 Å². The number of hydrogen-bond donors (Lipinski definition) is 2. The lowest BCUT2D eigenvalue weighted by Gasteiger charge is -2.29. The van der Waals surface area contributed by atoms with Gasteiger partial charge in [-0.1, -0.05) is 19.3 Å². The summed E-state index contributed by atoms with van der Waals surface area (Å²) >= 11 is 0. The standard InChI is InChI=1S/C12H20O2/c1-2-3-9-11(13)12(14)10-7-5-4-6-8-10/h1,10-14H,3-9H2. The Balaban J connectivity index is 2.30. The zero-order chi connectivity index (χ0) is 10.4. The van der Waals surface area contributed by atoms with Crippen molar-refractivity contribution in [2.45, 2.75) is 57.2 Å². The smallest absolute Gasteiger partial charge is 0.0827 e. The molecule has 0 radical (unpaired) electrons. The topological polar surface area (TPSA) is 40.5 Å². The van der Waals surface area contributed by atoms with Gasteiger partial charge in [0.2, 0.25) is 0 Å². The highest BCUT2D eigenvalue weighted by Gasteiger charge is 2.26. The van der Waals surface area contributed by atoms with Crippen molar-refractivity contribution < 1.29 is 10.2 Å². The van der Waals surface area contributed by atoms with E-state index in [4.69, 9.17) is 6.42 Å². The Morgan fingerprint density at radius 1 is 1.21 bits per heavy atom. The quantitative estimate of drug-likeness (QED) is 0.672. The van der Waals surface area contributed by atoms with Gasteiger partial charge in [-0.2, -0.15) is 0 Å². The maximum absolute atomic E-state index is 9.85. The zero-order valence-corrected chi connectivity index (χ0v) is 8.65. The van der Waals surface area contributed by atoms with Crippen LogP contribution in [-0.2, 0) is 0 Å². The fraction of sp³-hybridized carbons (Fsp3) is 0.833. The van der Waals surface area contributed by atoms with Crippen LogP contribution in [-0.4, -0.2) is 22.4 Å². The summed E-state index contributed by atoms with van der Waals surface area (Å²) in [5.41, 5.74) is 0. The van der Waals surface area contributed by atoms with E-state index >= 15 is 0 Å². The third kappa shape index (κ3) is 3.32. The summed E-state index contributed by atoms with van der Waals surface area (Å²) in [7, 11) is 0. The summed E-state index contributed by atoms with van der Waals surface area (Å²) in [6.07, 6.45) is 10.7. The molecule has 1 fully saturated rings. The van der Waals surface area contributed by atoms with Crippen molar-refractivity contribution in [3.63, 3.8) is 0 Å². The van der Waals surface area contributed by atoms with Gasteiger partial charge in [-0.15, -0.1) is 12.3 Å². The first-order chi connectivity index (χ1) is 6.75. The van der Waals surface area contributed by atoms with E-state index in [1.807, 2.05) is 0 Å². The van der Waals surface area contributed by atoms with Gasteiger partial charge in [0.15, 0.2) is 0 Å². The molecule has 1 aliphatic carbocycles. The predicted molar refractivity (Wildman–Crippen MR) is 56.7 cm³/mol. The van der Waals surface area contributed by atoms with Crippen LogP contribution in [0.2, 0.25) is 0 Å². The molecule has 1 saturated carbocycles. The van der Waals surface area contributed by atoms with Gasteiger partial charge in [-0.25, -0.2) is 0 Å². The lowest BCUT2D eigenvalue weighted by Crippen LogP contribution is -2.34. The minimum atomic E-state index is -0.630. The average molecular weight is 196 g/mol. The third-order valence-electron chi connectivity index (χ3n) is 3.11. The van der Waals surface area contributed by atoms with Crippen LogP contribution in [0.4, 0.5) is 0 Å². The molecule has 0 heterocycles. The summed E-state index contributed by atoms with van der Waals surface area (Å²) in [4.78, 5) is 0. The minimum absolute atomic E-state index is 0.288. The van der Waals surface area contributed by atoms with E-state index < -0.39 is 12.2 Å². The first kappa shape index (κ1) is 11.6. The molecule has 0 saturated heterocycles. The Kier molecular flexibility index (Phi) is 5.00. The molecule has 0 bridgehead atoms. The molecule has 0 amide bonds. The van der Waals surface area contributed by atoms with Crippen molar-refractivity contribution >= 4 is 0 Å². The van der Waals surface area contributed by atoms with E-state index in [9.17, 15) is 10.2 Å². The number of hydrogen-bond acceptors (Lipinski definition) is 2. The van der Waals surface area contributed by atoms with Gasteiger partial charge in [0.05, 0.1) is 12.2 Å². The SMILES string of the molecule is C#CCCC(O)C(O)C1CCCCC1. The van der Waals surface area contributed by atoms with E-state index in [0.29, 0.717) is 12.8 Å². The molecule has 0 spiro atoms. The molecule has 2 unspecified atom stereocenters. The zero-order valence-electron chi connectivity index (χ0n) is 8.65. The Morgan fingerprint density at radius 3 is 2.43 bits per heavy atom. The summed E-state index contributed by atoms with van der Waals surface area (Å²) in [5, 5.41) is 19.5. The van der Waals surface area contributed by atoms with Crippen molar-refractivity contribution in [3.8, 4) is 12.3 Å². The minimum Gasteiger partial charge on any atom is -0.390 e. The highest BCUT2D eigenvalue weighted by molar-refractivity contribution is 4.87. The predicted octanol–water partition coefficient (Wildman–Crippen LogP) is 1.70. The molecule has 0 aromatic rings. The molecule has 2 nitrogen and oxygen atoms in total. The molecule has 0 aromatic heterocycles. The molecule has 2 N–H and O–H groups in total. The first-order valence-corrected chi connectivity index (χ1v) is 5.55. The van der Waals surface area contributed by atoms with Crippen LogP contribution < -0.4 is 0 Å². The van der Waals surface area contributed by atoms with Gasteiger partial charge < -0.3 is 10.2 Å². The summed E-state index contributed by atoms with van der Waals surface area (Å²) in [6.45, 7) is 0. The fourth-order valence-electron chi connectivity index (χ4n) is 2.19. The maximum atomic E-state index is 9.85. The van der Waals surface area contributed by atoms with Gasteiger partial charge in [0.25, 0.3) is 0 Å². The lowest BCUT2D eigenvalue weighted by atomic mass is 9.82. The van der Waals surface area contributed by atoms with Crippen LogP contribution in [0.1, 0.15) is 44.9 Å². The van der Waals surface area contributed by atoms with Crippen LogP contribution in [0.15, 0.2) is 0 Å². The average Bonchev–Trinajstić information content (AvgIpc) is 2.26. The third-order valence-corrected chi connectivity index (χ3v) is 3.11. The Morgan fingerprint density at radius 2 is 1.86 bits per heavy atom. The molecule has 0 aliphatic heterocycles. The fourth-order valence-corrected chi connectivity index (χ4v) is 2.19. The highest BCUT2D eigenvalue weighted by Crippen LogP contribution is 2.28. The normalized spacial score (nSPS) is 22.6. The molecule has 14 heavy (non-hydrogen) atoms. The number of aliphatic hydroxyl groups is 2. The van der Waals surface area contributed by atoms with Crippen molar-refractivity contribution in [1.29, 1.82) is 0 Å². The van der Waals surface area contributed by atoms with Gasteiger partial charge in [-0.3, -0.25) is 0 Å². The molecule has 0 aromatic carbocycles. The van der Waals surface area contributed by atoms with Gasteiger partial charge in [0.1, 0.15) is 0 Å². The van der Waals surface area contributed by atoms with Crippen molar-refractivity contribution in [3.05, 3.63) is 0 Å². The summed E-state index contributed by atoms with van der Waals surface area (Å²) < 4.78 is 0. The summed E-state index contributed by atoms with van der Waals surface area (Å²) in [5.74, 6) is 2.77. The molecular formula is C12H20O2. The van der Waals surface area contributed by atoms with E-state index in [0.717, 1.165) is 12.8 Å². The monoisotopic (exact) mass is 196 g/mol. The molecule has 1 rings (SSSR count). The van der Waals surface area contributed by atoms with E-state index in [1.54, 1.807) is 0 Å². The van der Waals surface area contributed by atoms with E-state index in [2.05, 4.69) is 5.92 Å². The van der Waals surface area contributed by atoms with Crippen molar-refractivity contribution in [2.75, 3.05) is 0 Å². The molecular weight excluding hydrogens is 176 g/mol. The van der Waals surface area contributed by atoms with Crippen LogP contribution in [0, 0.1) is 18.3 Å². The van der Waals surface area contributed by atoms with Crippen LogP contribution in [0.5, 0.6) is 0 Å².